The normalized spacial score (nSPS) is 16.3. The number of hydrogen-bond acceptors (Lipinski definition) is 20. The number of hydrogen-bond donors (Lipinski definition) is 7. The average Bonchev–Trinajstić information content (AvgIpc) is 3.16. The molecule has 4 rings (SSSR count). The SMILES string of the molecule is CCC[C@H](Cc1ccc(O)c(NC(=O)[C@H](C)NC(=O)[C@H](C)NC(=O)CCOCCOCCOCCNC(=O)CCCN2C(=O)C=CC2=O)c1)NC(=O)c1csc([C@@H](C[C@H](C(C)C)N(C)C(=O)[C@@H](NC(=O)C2CCCCN2C)[C@@H](C)CC)OC(C)=O)n1.O=C=O. The summed E-state index contributed by atoms with van der Waals surface area (Å²) in [5.74, 6) is -4.60. The van der Waals surface area contributed by atoms with Crippen molar-refractivity contribution in [2.24, 2.45) is 11.8 Å². The van der Waals surface area contributed by atoms with Gasteiger partial charge in [0.05, 0.1) is 51.4 Å². The zero-order chi connectivity index (χ0) is 66.2. The maximum atomic E-state index is 14.4. The van der Waals surface area contributed by atoms with E-state index in [-0.39, 0.29) is 143 Å². The summed E-state index contributed by atoms with van der Waals surface area (Å²) in [5, 5.41) is 29.4. The first-order valence-electron chi connectivity index (χ1n) is 30.3. The van der Waals surface area contributed by atoms with E-state index in [0.29, 0.717) is 42.7 Å². The van der Waals surface area contributed by atoms with Gasteiger partial charge in [-0.1, -0.05) is 59.9 Å². The van der Waals surface area contributed by atoms with Gasteiger partial charge in [0.1, 0.15) is 34.6 Å². The largest absolute Gasteiger partial charge is 0.506 e. The Labute approximate surface area is 524 Å². The smallest absolute Gasteiger partial charge is 0.373 e. The molecule has 9 amide bonds. The first-order chi connectivity index (χ1) is 42.3. The van der Waals surface area contributed by atoms with E-state index in [9.17, 15) is 53.1 Å². The number of amides is 9. The lowest BCUT2D eigenvalue weighted by atomic mass is 9.92. The molecule has 1 aromatic heterocycles. The summed E-state index contributed by atoms with van der Waals surface area (Å²) in [5.41, 5.74) is 0.862. The van der Waals surface area contributed by atoms with E-state index in [0.717, 1.165) is 42.0 Å². The number of esters is 1. The first-order valence-corrected chi connectivity index (χ1v) is 31.2. The molecule has 0 bridgehead atoms. The second-order valence-corrected chi connectivity index (χ2v) is 23.2. The van der Waals surface area contributed by atoms with Crippen molar-refractivity contribution in [3.05, 3.63) is 52.0 Å². The maximum Gasteiger partial charge on any atom is 0.373 e. The quantitative estimate of drug-likeness (QED) is 0.0220. The molecule has 27 nitrogen and oxygen atoms in total. The number of likely N-dealkylation sites (N-methyl/N-ethyl adjacent to an activating group) is 2. The Kier molecular flexibility index (Phi) is 34.2. The van der Waals surface area contributed by atoms with Crippen molar-refractivity contribution in [3.63, 3.8) is 0 Å². The van der Waals surface area contributed by atoms with E-state index in [1.807, 2.05) is 46.6 Å². The predicted molar refractivity (Wildman–Crippen MR) is 326 cm³/mol. The van der Waals surface area contributed by atoms with Gasteiger partial charge in [0.25, 0.3) is 17.7 Å². The Morgan fingerprint density at radius 2 is 1.47 bits per heavy atom. The van der Waals surface area contributed by atoms with Crippen LogP contribution in [0.15, 0.2) is 35.7 Å². The number of piperidine rings is 1. The highest BCUT2D eigenvalue weighted by molar-refractivity contribution is 7.09. The van der Waals surface area contributed by atoms with Gasteiger partial charge >= 0.3 is 12.1 Å². The van der Waals surface area contributed by atoms with Crippen molar-refractivity contribution in [1.82, 2.24) is 46.3 Å². The zero-order valence-electron chi connectivity index (χ0n) is 53.0. The average molecular weight is 1270 g/mol. The van der Waals surface area contributed by atoms with Crippen LogP contribution < -0.4 is 31.9 Å². The van der Waals surface area contributed by atoms with Crippen molar-refractivity contribution < 1.29 is 81.6 Å². The standard InChI is InChI=1S/C60H92N10O15S.CO2/c1-11-16-43(64-57(79)45-36-86-59(66-45)49(85-41(8)71)35-47(37(3)4)69(10)60(81)54(38(5)12-2)67-58(80)46-17-13-14-25-68(46)9)33-42-19-20-48(72)44(34-42)65-56(78)40(7)63-55(77)39(6)62-51(74)23-27-82-29-31-84-32-30-83-28-24-61-50(73)18-15-26-70-52(75)21-22-53(70)76;2-1-3/h19-22,34,36-40,43,46-47,49,54,72H,11-18,23-33,35H2,1-10H3,(H,61,73)(H,62,74)(H,63,77)(H,64,79)(H,65,78)(H,67,80);/t38-,39-,40-,43+,46?,47+,49+,54-;/m0./s1. The number of carbonyl (C=O) groups excluding carboxylic acids is 12. The zero-order valence-corrected chi connectivity index (χ0v) is 53.8. The Morgan fingerprint density at radius 3 is 2.09 bits per heavy atom. The Balaban J connectivity index is 0.00000675. The second-order valence-electron chi connectivity index (χ2n) is 22.3. The van der Waals surface area contributed by atoms with E-state index < -0.39 is 65.9 Å². The fraction of sp³-hybridized carbons (Fsp3) is 0.639. The minimum atomic E-state index is -1.08. The lowest BCUT2D eigenvalue weighted by molar-refractivity contribution is -0.192. The summed E-state index contributed by atoms with van der Waals surface area (Å²) in [7, 11) is 3.63. The summed E-state index contributed by atoms with van der Waals surface area (Å²) in [6, 6.07) is 0.671. The molecular formula is C61H92N10O17S. The van der Waals surface area contributed by atoms with Crippen LogP contribution in [0.4, 0.5) is 5.69 Å². The van der Waals surface area contributed by atoms with Crippen LogP contribution in [0.2, 0.25) is 0 Å². The van der Waals surface area contributed by atoms with Crippen LogP contribution in [0.5, 0.6) is 5.75 Å². The second kappa shape index (κ2) is 40.2. The van der Waals surface area contributed by atoms with Gasteiger partial charge in [0.15, 0.2) is 6.10 Å². The lowest BCUT2D eigenvalue weighted by Gasteiger charge is -2.38. The predicted octanol–water partition coefficient (Wildman–Crippen LogP) is 3.11. The molecule has 3 heterocycles. The number of phenolic OH excluding ortho intramolecular Hbond substituents is 1. The molecular weight excluding hydrogens is 1180 g/mol. The molecule has 7 N–H and O–H groups in total. The summed E-state index contributed by atoms with van der Waals surface area (Å²) in [6.07, 6.45) is 7.35. The monoisotopic (exact) mass is 1270 g/mol. The fourth-order valence-corrected chi connectivity index (χ4v) is 10.7. The number of imide groups is 1. The number of nitrogens with one attached hydrogen (secondary N) is 6. The van der Waals surface area contributed by atoms with Gasteiger partial charge in [-0.25, -0.2) is 4.98 Å². The third-order valence-electron chi connectivity index (χ3n) is 15.0. The summed E-state index contributed by atoms with van der Waals surface area (Å²) >= 11 is 1.16. The van der Waals surface area contributed by atoms with E-state index >= 15 is 0 Å². The molecule has 2 aliphatic rings. The molecule has 0 saturated carbocycles. The molecule has 494 valence electrons. The Morgan fingerprint density at radius 1 is 0.831 bits per heavy atom. The van der Waals surface area contributed by atoms with Crippen LogP contribution in [0.3, 0.4) is 0 Å². The fourth-order valence-electron chi connectivity index (χ4n) is 9.82. The van der Waals surface area contributed by atoms with Crippen molar-refractivity contribution in [1.29, 1.82) is 0 Å². The molecule has 0 spiro atoms. The van der Waals surface area contributed by atoms with Crippen LogP contribution in [0.25, 0.3) is 0 Å². The first kappa shape index (κ1) is 75.8. The molecule has 0 radical (unpaired) electrons. The van der Waals surface area contributed by atoms with Crippen LogP contribution in [-0.4, -0.2) is 200 Å². The molecule has 8 atom stereocenters. The molecule has 1 aromatic carbocycles. The minimum Gasteiger partial charge on any atom is -0.506 e. The van der Waals surface area contributed by atoms with Crippen LogP contribution in [0.1, 0.15) is 147 Å². The maximum absolute atomic E-state index is 14.4. The molecule has 0 aliphatic carbocycles. The Bertz CT molecular complexity index is 2720. The lowest BCUT2D eigenvalue weighted by Crippen LogP contribution is -2.58. The molecule has 1 unspecified atom stereocenters. The number of ether oxygens (including phenoxy) is 4. The van der Waals surface area contributed by atoms with Crippen LogP contribution in [-0.2, 0) is 78.1 Å². The number of nitrogens with zero attached hydrogens (tertiary/aromatic N) is 4. The topological polar surface area (TPSA) is 357 Å². The van der Waals surface area contributed by atoms with E-state index in [1.165, 1.54) is 39.0 Å². The van der Waals surface area contributed by atoms with Crippen molar-refractivity contribution >= 4 is 82.3 Å². The number of carbonyl (C=O) groups is 10. The number of likely N-dealkylation sites (tertiary alicyclic amines) is 1. The summed E-state index contributed by atoms with van der Waals surface area (Å²) in [6.45, 7) is 16.7. The van der Waals surface area contributed by atoms with E-state index in [1.54, 1.807) is 29.5 Å². The summed E-state index contributed by atoms with van der Waals surface area (Å²) < 4.78 is 22.2. The highest BCUT2D eigenvalue weighted by Crippen LogP contribution is 2.32. The third-order valence-corrected chi connectivity index (χ3v) is 16.0. The molecule has 89 heavy (non-hydrogen) atoms. The van der Waals surface area contributed by atoms with Crippen molar-refractivity contribution in [2.75, 3.05) is 78.7 Å². The number of aromatic nitrogens is 1. The van der Waals surface area contributed by atoms with Gasteiger partial charge in [-0.2, -0.15) is 9.59 Å². The van der Waals surface area contributed by atoms with Crippen molar-refractivity contribution in [3.8, 4) is 5.75 Å². The molecule has 1 saturated heterocycles. The highest BCUT2D eigenvalue weighted by Gasteiger charge is 2.38. The van der Waals surface area contributed by atoms with Crippen molar-refractivity contribution in [2.45, 2.75) is 168 Å². The number of rotatable bonds is 38. The van der Waals surface area contributed by atoms with Crippen LogP contribution >= 0.6 is 11.3 Å². The molecule has 1 fully saturated rings. The van der Waals surface area contributed by atoms with Gasteiger partial charge in [-0.15, -0.1) is 11.3 Å². The van der Waals surface area contributed by atoms with E-state index in [2.05, 4.69) is 36.9 Å². The number of anilines is 1. The minimum absolute atomic E-state index is 0.0398. The number of benzene rings is 1. The molecule has 2 aliphatic heterocycles. The number of phenols is 1. The van der Waals surface area contributed by atoms with Crippen LogP contribution in [0, 0.1) is 11.8 Å². The van der Waals surface area contributed by atoms with Gasteiger partial charge < -0.3 is 60.9 Å². The van der Waals surface area contributed by atoms with E-state index in [4.69, 9.17) is 28.5 Å². The summed E-state index contributed by atoms with van der Waals surface area (Å²) in [4.78, 5) is 154. The molecule has 2 aromatic rings. The Hall–Kier alpha value is -7.49. The third kappa shape index (κ3) is 26.6. The molecule has 28 heteroatoms. The number of aromatic hydroxyl groups is 1. The number of thiazole rings is 1. The van der Waals surface area contributed by atoms with Gasteiger partial charge in [-0.3, -0.25) is 57.7 Å². The van der Waals surface area contributed by atoms with Gasteiger partial charge in [-0.05, 0) is 89.1 Å². The highest BCUT2D eigenvalue weighted by atomic mass is 32.1. The van der Waals surface area contributed by atoms with Gasteiger partial charge in [0.2, 0.25) is 35.4 Å². The van der Waals surface area contributed by atoms with Gasteiger partial charge in [0, 0.05) is 75.9 Å².